The predicted molar refractivity (Wildman–Crippen MR) is 84.8 cm³/mol. The van der Waals surface area contributed by atoms with Crippen molar-refractivity contribution >= 4 is 5.91 Å². The van der Waals surface area contributed by atoms with Crippen molar-refractivity contribution in [3.63, 3.8) is 0 Å². The first-order valence-corrected chi connectivity index (χ1v) is 8.61. The number of hydrogen-bond acceptors (Lipinski definition) is 3. The molecule has 0 spiro atoms. The lowest BCUT2D eigenvalue weighted by Gasteiger charge is -2.43. The Hall–Kier alpha value is -1.76. The number of benzene rings is 1. The van der Waals surface area contributed by atoms with E-state index >= 15 is 0 Å². The summed E-state index contributed by atoms with van der Waals surface area (Å²) in [6.45, 7) is 0.0724. The molecule has 7 heteroatoms. The van der Waals surface area contributed by atoms with Gasteiger partial charge in [0.1, 0.15) is 5.75 Å². The number of carbonyl (C=O) groups is 1. The molecule has 3 rings (SSSR count). The summed E-state index contributed by atoms with van der Waals surface area (Å²) in [6.07, 6.45) is -0.681. The molecule has 2 N–H and O–H groups in total. The molecule has 4 atom stereocenters. The maximum absolute atomic E-state index is 12.4. The highest BCUT2D eigenvalue weighted by Crippen LogP contribution is 2.37. The monoisotopic (exact) mass is 357 g/mol. The van der Waals surface area contributed by atoms with Crippen LogP contribution >= 0.6 is 0 Å². The summed E-state index contributed by atoms with van der Waals surface area (Å²) in [5.41, 5.74) is 0.648. The van der Waals surface area contributed by atoms with Crippen LogP contribution in [-0.4, -0.2) is 30.0 Å². The fraction of sp³-hybridized carbons (Fsp3) is 0.611. The molecule has 0 aromatic heterocycles. The van der Waals surface area contributed by atoms with Gasteiger partial charge in [-0.1, -0.05) is 18.6 Å². The van der Waals surface area contributed by atoms with Gasteiger partial charge in [0.15, 0.2) is 0 Å². The molecule has 0 bridgehead atoms. The van der Waals surface area contributed by atoms with Gasteiger partial charge in [-0.05, 0) is 49.3 Å². The number of nitrogens with one attached hydrogen (secondary N) is 1. The first kappa shape index (κ1) is 18.0. The van der Waals surface area contributed by atoms with Gasteiger partial charge in [0.25, 0.3) is 0 Å². The van der Waals surface area contributed by atoms with Crippen molar-refractivity contribution in [1.29, 1.82) is 0 Å². The minimum atomic E-state index is -4.73. The van der Waals surface area contributed by atoms with Crippen molar-refractivity contribution in [2.45, 2.75) is 44.5 Å². The van der Waals surface area contributed by atoms with Crippen LogP contribution in [0.4, 0.5) is 13.2 Å². The van der Waals surface area contributed by atoms with Gasteiger partial charge in [-0.25, -0.2) is 0 Å². The average molecular weight is 357 g/mol. The zero-order valence-corrected chi connectivity index (χ0v) is 13.8. The first-order chi connectivity index (χ1) is 11.9. The fourth-order valence-corrected chi connectivity index (χ4v) is 4.18. The van der Waals surface area contributed by atoms with E-state index < -0.39 is 6.36 Å². The van der Waals surface area contributed by atoms with E-state index in [1.54, 1.807) is 6.07 Å². The minimum Gasteiger partial charge on any atom is -0.406 e. The van der Waals surface area contributed by atoms with Crippen LogP contribution in [-0.2, 0) is 11.2 Å². The van der Waals surface area contributed by atoms with Gasteiger partial charge in [0, 0.05) is 24.5 Å². The molecule has 2 aliphatic rings. The molecule has 1 heterocycles. The molecule has 1 aliphatic carbocycles. The van der Waals surface area contributed by atoms with Crippen molar-refractivity contribution < 1.29 is 27.8 Å². The highest BCUT2D eigenvalue weighted by Gasteiger charge is 2.41. The topological polar surface area (TPSA) is 58.6 Å². The summed E-state index contributed by atoms with van der Waals surface area (Å²) in [4.78, 5) is 12.4. The fourth-order valence-electron chi connectivity index (χ4n) is 4.18. The Morgan fingerprint density at radius 3 is 2.80 bits per heavy atom. The molecule has 25 heavy (non-hydrogen) atoms. The number of fused-ring (bicyclic) bond motifs is 1. The summed E-state index contributed by atoms with van der Waals surface area (Å²) in [6, 6.07) is 5.82. The third-order valence-corrected chi connectivity index (χ3v) is 5.28. The number of piperidine rings is 1. The first-order valence-electron chi connectivity index (χ1n) is 8.61. The van der Waals surface area contributed by atoms with Crippen LogP contribution in [0, 0.1) is 17.8 Å². The maximum Gasteiger partial charge on any atom is 0.573 e. The van der Waals surface area contributed by atoms with E-state index in [0.29, 0.717) is 24.3 Å². The maximum atomic E-state index is 12.4. The predicted octanol–water partition coefficient (Wildman–Crippen LogP) is 3.04. The molecule has 138 valence electrons. The molecule has 1 amide bonds. The average Bonchev–Trinajstić information content (AvgIpc) is 2.54. The lowest BCUT2D eigenvalue weighted by molar-refractivity contribution is -0.274. The molecule has 4 unspecified atom stereocenters. The molecular formula is C18H22F3NO3. The lowest BCUT2D eigenvalue weighted by atomic mass is 9.70. The van der Waals surface area contributed by atoms with Gasteiger partial charge < -0.3 is 15.2 Å². The van der Waals surface area contributed by atoms with E-state index in [1.165, 1.54) is 18.2 Å². The molecule has 1 saturated heterocycles. The van der Waals surface area contributed by atoms with Crippen molar-refractivity contribution in [3.8, 4) is 5.75 Å². The van der Waals surface area contributed by atoms with Crippen LogP contribution in [0.1, 0.15) is 31.2 Å². The largest absolute Gasteiger partial charge is 0.573 e. The number of aliphatic hydroxyl groups is 1. The van der Waals surface area contributed by atoms with Gasteiger partial charge in [0.2, 0.25) is 5.91 Å². The molecule has 1 aliphatic heterocycles. The smallest absolute Gasteiger partial charge is 0.406 e. The molecule has 1 aromatic carbocycles. The SMILES string of the molecule is O=C1NC2C(CO)CCCC2CC1Cc1cccc(OC(F)(F)F)c1. The Balaban J connectivity index is 1.67. The highest BCUT2D eigenvalue weighted by molar-refractivity contribution is 5.80. The standard InChI is InChI=1S/C18H22F3NO3/c19-18(20,21)25-15-6-1-3-11(8-15)7-14-9-12-4-2-5-13(10-23)16(12)22-17(14)24/h1,3,6,8,12-14,16,23H,2,4-5,7,9-10H2,(H,22,24). The Labute approximate surface area is 144 Å². The van der Waals surface area contributed by atoms with Gasteiger partial charge >= 0.3 is 6.36 Å². The van der Waals surface area contributed by atoms with Crippen molar-refractivity contribution in [1.82, 2.24) is 5.32 Å². The molecule has 4 nitrogen and oxygen atoms in total. The van der Waals surface area contributed by atoms with Gasteiger partial charge in [-0.3, -0.25) is 4.79 Å². The second kappa shape index (κ2) is 7.23. The van der Waals surface area contributed by atoms with E-state index in [4.69, 9.17) is 0 Å². The number of halogens is 3. The zero-order valence-electron chi connectivity index (χ0n) is 13.8. The number of ether oxygens (including phenoxy) is 1. The Kier molecular flexibility index (Phi) is 5.22. The van der Waals surface area contributed by atoms with Crippen molar-refractivity contribution in [3.05, 3.63) is 29.8 Å². The Morgan fingerprint density at radius 2 is 2.08 bits per heavy atom. The highest BCUT2D eigenvalue weighted by atomic mass is 19.4. The minimum absolute atomic E-state index is 0.0161. The third kappa shape index (κ3) is 4.45. The van der Waals surface area contributed by atoms with Gasteiger partial charge in [-0.15, -0.1) is 13.2 Å². The van der Waals surface area contributed by atoms with E-state index in [2.05, 4.69) is 10.1 Å². The number of rotatable bonds is 4. The van der Waals surface area contributed by atoms with Crippen molar-refractivity contribution in [2.75, 3.05) is 6.61 Å². The molecule has 2 fully saturated rings. The summed E-state index contributed by atoms with van der Waals surface area (Å²) in [5.74, 6) is -0.184. The second-order valence-electron chi connectivity index (χ2n) is 7.00. The van der Waals surface area contributed by atoms with E-state index in [0.717, 1.165) is 19.3 Å². The summed E-state index contributed by atoms with van der Waals surface area (Å²) >= 11 is 0. The quantitative estimate of drug-likeness (QED) is 0.871. The Bertz CT molecular complexity index is 620. The second-order valence-corrected chi connectivity index (χ2v) is 7.00. The number of amides is 1. The Morgan fingerprint density at radius 1 is 1.28 bits per heavy atom. The van der Waals surface area contributed by atoms with Crippen LogP contribution in [0.2, 0.25) is 0 Å². The van der Waals surface area contributed by atoms with Crippen LogP contribution in [0.15, 0.2) is 24.3 Å². The molecule has 1 saturated carbocycles. The molecular weight excluding hydrogens is 335 g/mol. The van der Waals surface area contributed by atoms with Crippen LogP contribution in [0.5, 0.6) is 5.75 Å². The zero-order chi connectivity index (χ0) is 18.0. The molecule has 1 aromatic rings. The molecule has 0 radical (unpaired) electrons. The number of alkyl halides is 3. The van der Waals surface area contributed by atoms with E-state index in [1.807, 2.05) is 0 Å². The van der Waals surface area contributed by atoms with Gasteiger partial charge in [-0.2, -0.15) is 0 Å². The van der Waals surface area contributed by atoms with E-state index in [9.17, 15) is 23.1 Å². The number of aliphatic hydroxyl groups excluding tert-OH is 1. The van der Waals surface area contributed by atoms with Crippen molar-refractivity contribution in [2.24, 2.45) is 17.8 Å². The summed E-state index contributed by atoms with van der Waals surface area (Å²) in [5, 5.41) is 12.5. The third-order valence-electron chi connectivity index (χ3n) is 5.28. The van der Waals surface area contributed by atoms with Crippen LogP contribution in [0.3, 0.4) is 0 Å². The lowest BCUT2D eigenvalue weighted by Crippen LogP contribution is -2.55. The van der Waals surface area contributed by atoms with Crippen LogP contribution in [0.25, 0.3) is 0 Å². The normalized spacial score (nSPS) is 29.7. The van der Waals surface area contributed by atoms with Gasteiger partial charge in [0.05, 0.1) is 0 Å². The number of hydrogen-bond donors (Lipinski definition) is 2. The summed E-state index contributed by atoms with van der Waals surface area (Å²) < 4.78 is 41.0. The van der Waals surface area contributed by atoms with Crippen LogP contribution < -0.4 is 10.1 Å². The number of carbonyl (C=O) groups excluding carboxylic acids is 1. The summed E-state index contributed by atoms with van der Waals surface area (Å²) in [7, 11) is 0. The van der Waals surface area contributed by atoms with E-state index in [-0.39, 0.29) is 36.1 Å².